The zero-order valence-electron chi connectivity index (χ0n) is 44.9. The molecule has 0 saturated heterocycles. The average molecular weight is 907 g/mol. The van der Waals surface area contributed by atoms with E-state index < -0.39 is 10.8 Å². The quantitative estimate of drug-likeness (QED) is 0.165. The fourth-order valence-corrected chi connectivity index (χ4v) is 11.4. The van der Waals surface area contributed by atoms with Gasteiger partial charge in [0.25, 0.3) is 0 Å². The van der Waals surface area contributed by atoms with Crippen molar-refractivity contribution in [2.45, 2.75) is 150 Å². The zero-order chi connectivity index (χ0) is 49.9. The number of hydrogen-bond acceptors (Lipinski definition) is 0. The number of benzene rings is 8. The summed E-state index contributed by atoms with van der Waals surface area (Å²) in [6.07, 6.45) is 1.25. The zero-order valence-corrected chi connectivity index (χ0v) is 44.9. The molecule has 10 rings (SSSR count). The van der Waals surface area contributed by atoms with Crippen molar-refractivity contribution in [3.05, 3.63) is 237 Å². The maximum Gasteiger partial charge on any atom is 0.0717 e. The van der Waals surface area contributed by atoms with Gasteiger partial charge >= 0.3 is 0 Å². The Kier molecular flexibility index (Phi) is 13.0. The second-order valence-electron chi connectivity index (χ2n) is 23.7. The smallest absolute Gasteiger partial charge is 0.0683 e. The Balaban J connectivity index is 0.00000124. The predicted octanol–water partition coefficient (Wildman–Crippen LogP) is 19.2. The van der Waals surface area contributed by atoms with Gasteiger partial charge in [0, 0.05) is 0 Å². The number of hydrogen-bond donors (Lipinski definition) is 0. The van der Waals surface area contributed by atoms with Crippen LogP contribution in [0.3, 0.4) is 0 Å². The monoisotopic (exact) mass is 907 g/mol. The summed E-state index contributed by atoms with van der Waals surface area (Å²) in [5.41, 5.74) is 20.0. The van der Waals surface area contributed by atoms with E-state index in [1.165, 1.54) is 106 Å². The number of fused-ring (bicyclic) bond motifs is 9. The molecule has 0 aliphatic heterocycles. The third kappa shape index (κ3) is 8.11. The molecule has 2 aliphatic carbocycles. The van der Waals surface area contributed by atoms with E-state index in [4.69, 9.17) is 0 Å². The predicted molar refractivity (Wildman–Crippen MR) is 301 cm³/mol. The van der Waals surface area contributed by atoms with Gasteiger partial charge in [0.05, 0.1) is 10.8 Å². The average Bonchev–Trinajstić information content (AvgIpc) is 3.80. The summed E-state index contributed by atoms with van der Waals surface area (Å²) in [5, 5.41) is 2.56. The third-order valence-corrected chi connectivity index (χ3v) is 14.9. The molecule has 0 spiro atoms. The highest BCUT2D eigenvalue weighted by atomic mass is 14.6. The van der Waals surface area contributed by atoms with Gasteiger partial charge < -0.3 is 0 Å². The van der Waals surface area contributed by atoms with Gasteiger partial charge in [-0.2, -0.15) is 0 Å². The molecule has 0 amide bonds. The minimum Gasteiger partial charge on any atom is -0.0683 e. The van der Waals surface area contributed by atoms with Crippen molar-refractivity contribution in [1.29, 1.82) is 0 Å². The fraction of sp³-hybridized carbons (Fsp3) is 0.333. The van der Waals surface area contributed by atoms with Gasteiger partial charge in [-0.05, 0) is 121 Å². The number of rotatable bonds is 4. The lowest BCUT2D eigenvalue weighted by Crippen LogP contribution is -2.36. The lowest BCUT2D eigenvalue weighted by atomic mass is 9.60. The molecule has 0 fully saturated rings. The van der Waals surface area contributed by atoms with E-state index in [1.807, 2.05) is 13.8 Å². The van der Waals surface area contributed by atoms with Crippen molar-refractivity contribution in [3.63, 3.8) is 0 Å². The first-order chi connectivity index (χ1) is 32.7. The van der Waals surface area contributed by atoms with E-state index in [9.17, 15) is 0 Å². The second kappa shape index (κ2) is 18.1. The normalized spacial score (nSPS) is 14.4. The second-order valence-corrected chi connectivity index (χ2v) is 23.7. The summed E-state index contributed by atoms with van der Waals surface area (Å²) >= 11 is 0. The van der Waals surface area contributed by atoms with Crippen LogP contribution in [0.4, 0.5) is 0 Å². The maximum absolute atomic E-state index is 2.48. The fourth-order valence-electron chi connectivity index (χ4n) is 11.4. The summed E-state index contributed by atoms with van der Waals surface area (Å²) < 4.78 is 0. The van der Waals surface area contributed by atoms with Gasteiger partial charge in [-0.1, -0.05) is 287 Å². The van der Waals surface area contributed by atoms with Crippen molar-refractivity contribution in [2.75, 3.05) is 0 Å². The van der Waals surface area contributed by atoms with Crippen LogP contribution in [0.15, 0.2) is 170 Å². The Morgan fingerprint density at radius 3 is 1.06 bits per heavy atom. The topological polar surface area (TPSA) is 0 Å². The summed E-state index contributed by atoms with van der Waals surface area (Å²) in [7, 11) is 0. The Hall–Kier alpha value is -5.98. The summed E-state index contributed by atoms with van der Waals surface area (Å²) in [6, 6.07) is 67.0. The first-order valence-corrected chi connectivity index (χ1v) is 25.9. The van der Waals surface area contributed by atoms with E-state index in [0.29, 0.717) is 0 Å². The lowest BCUT2D eigenvalue weighted by molar-refractivity contribution is 0.587. The molecule has 354 valence electrons. The molecule has 0 radical (unpaired) electrons. The molecule has 8 aromatic rings. The van der Waals surface area contributed by atoms with Gasteiger partial charge in [-0.15, -0.1) is 0 Å². The molecule has 0 bridgehead atoms. The minimum atomic E-state index is -0.656. The molecule has 8 aromatic carbocycles. The van der Waals surface area contributed by atoms with E-state index in [1.54, 1.807) is 0 Å². The van der Waals surface area contributed by atoms with Crippen LogP contribution >= 0.6 is 0 Å². The van der Waals surface area contributed by atoms with Gasteiger partial charge in [-0.3, -0.25) is 0 Å². The lowest BCUT2D eigenvalue weighted by Gasteiger charge is -2.41. The Morgan fingerprint density at radius 2 is 0.652 bits per heavy atom. The van der Waals surface area contributed by atoms with Gasteiger partial charge in [0.1, 0.15) is 0 Å². The van der Waals surface area contributed by atoms with Crippen molar-refractivity contribution in [1.82, 2.24) is 0 Å². The van der Waals surface area contributed by atoms with Crippen molar-refractivity contribution in [2.24, 2.45) is 0 Å². The molecular weight excluding hydrogens is 829 g/mol. The van der Waals surface area contributed by atoms with Crippen LogP contribution in [0.2, 0.25) is 0 Å². The largest absolute Gasteiger partial charge is 0.0717 e. The molecule has 0 nitrogen and oxygen atoms in total. The van der Waals surface area contributed by atoms with Crippen LogP contribution in [0, 0.1) is 0 Å². The van der Waals surface area contributed by atoms with E-state index in [0.717, 1.165) is 0 Å². The highest BCUT2D eigenvalue weighted by Gasteiger charge is 2.56. The molecule has 0 N–H and O–H groups in total. The van der Waals surface area contributed by atoms with Crippen LogP contribution in [0.5, 0.6) is 0 Å². The van der Waals surface area contributed by atoms with E-state index in [-0.39, 0.29) is 21.7 Å². The first-order valence-electron chi connectivity index (χ1n) is 25.9. The van der Waals surface area contributed by atoms with Crippen LogP contribution in [0.25, 0.3) is 33.0 Å². The van der Waals surface area contributed by atoms with Crippen molar-refractivity contribution >= 4 is 10.8 Å². The van der Waals surface area contributed by atoms with Crippen LogP contribution in [0.1, 0.15) is 184 Å². The maximum atomic E-state index is 2.48. The van der Waals surface area contributed by atoms with E-state index >= 15 is 0 Å². The Labute approximate surface area is 417 Å². The van der Waals surface area contributed by atoms with Gasteiger partial charge in [0.15, 0.2) is 0 Å². The molecule has 0 heterocycles. The van der Waals surface area contributed by atoms with Crippen molar-refractivity contribution < 1.29 is 0 Å². The molecule has 0 heteroatoms. The highest BCUT2D eigenvalue weighted by Crippen LogP contribution is 2.66. The molecule has 2 aliphatic rings. The third-order valence-electron chi connectivity index (χ3n) is 14.9. The molecule has 0 aromatic heterocycles. The SMILES string of the molecule is CC.CC(C)(C)c1ccc(C2(c3ccc(C(C)(C)C)cc3)c3ccccc3-c3ccc4c(c32)C(c2ccc(C(C)(C)C)cc2)(c2ccc(C(C)(C)C)cc2)c2ccc3ccccc3c2-4)cc1.CCC. The standard InChI is InChI=1S/C64H64.C3H8.C2H6/c1-59(2,3)42-22-30-46(31-23-42)63(47-32-24-43(25-33-47)60(4,5)6)54-20-16-15-19-51(54)52-38-39-53-56-50-18-14-13-17-41(50)21-40-55(56)64(58(53)57(52)63,48-34-26-44(27-35-48)61(7,8)9)49-36-28-45(29-37-49)62(10,11)12;1-3-2;1-2/h13-40H,1-12H3;3H2,1-2H3;1-2H3. The molecule has 0 saturated carbocycles. The summed E-state index contributed by atoms with van der Waals surface area (Å²) in [4.78, 5) is 0. The molecule has 0 unspecified atom stereocenters. The van der Waals surface area contributed by atoms with Crippen LogP contribution in [-0.4, -0.2) is 0 Å². The molecule has 69 heavy (non-hydrogen) atoms. The van der Waals surface area contributed by atoms with E-state index in [2.05, 4.69) is 267 Å². The Morgan fingerprint density at radius 1 is 0.319 bits per heavy atom. The Bertz CT molecular complexity index is 2970. The molecule has 0 atom stereocenters. The minimum absolute atomic E-state index is 0.0121. The van der Waals surface area contributed by atoms with Crippen molar-refractivity contribution in [3.8, 4) is 22.3 Å². The summed E-state index contributed by atoms with van der Waals surface area (Å²) in [6.45, 7) is 36.1. The molecular formula is C69H78. The van der Waals surface area contributed by atoms with Gasteiger partial charge in [-0.25, -0.2) is 0 Å². The van der Waals surface area contributed by atoms with Gasteiger partial charge in [0.2, 0.25) is 0 Å². The summed E-state index contributed by atoms with van der Waals surface area (Å²) in [5.74, 6) is 0. The highest BCUT2D eigenvalue weighted by molar-refractivity contribution is 6.06. The van der Waals surface area contributed by atoms with Crippen LogP contribution in [-0.2, 0) is 32.5 Å². The van der Waals surface area contributed by atoms with Crippen LogP contribution < -0.4 is 0 Å². The first kappa shape index (κ1) is 49.4.